The third kappa shape index (κ3) is 7.08. The molecule has 1 saturated carbocycles. The molecule has 2 aromatic carbocycles. The Morgan fingerprint density at radius 2 is 1.74 bits per heavy atom. The predicted molar refractivity (Wildman–Crippen MR) is 160 cm³/mol. The van der Waals surface area contributed by atoms with E-state index < -0.39 is 51.0 Å². The summed E-state index contributed by atoms with van der Waals surface area (Å²) in [6.07, 6.45) is -0.337. The maximum absolute atomic E-state index is 15.7. The first-order chi connectivity index (χ1) is 21.7. The van der Waals surface area contributed by atoms with Crippen molar-refractivity contribution in [2.45, 2.75) is 68.8 Å². The van der Waals surface area contributed by atoms with Gasteiger partial charge in [0.1, 0.15) is 33.9 Å². The van der Waals surface area contributed by atoms with Crippen LogP contribution in [-0.2, 0) is 14.8 Å². The second kappa shape index (κ2) is 13.1. The highest BCUT2D eigenvalue weighted by atomic mass is 32.2. The Labute approximate surface area is 261 Å². The molecule has 0 atom stereocenters. The van der Waals surface area contributed by atoms with E-state index in [-0.39, 0.29) is 41.6 Å². The fourth-order valence-corrected chi connectivity index (χ4v) is 6.93. The molecule has 1 fully saturated rings. The van der Waals surface area contributed by atoms with Gasteiger partial charge in [-0.3, -0.25) is 14.1 Å². The molecule has 46 heavy (non-hydrogen) atoms. The van der Waals surface area contributed by atoms with E-state index in [1.165, 1.54) is 12.1 Å². The lowest BCUT2D eigenvalue weighted by Gasteiger charge is -2.30. The van der Waals surface area contributed by atoms with Crippen molar-refractivity contribution < 1.29 is 39.5 Å². The average molecular weight is 671 g/mol. The first-order valence-electron chi connectivity index (χ1n) is 14.5. The Bertz CT molecular complexity index is 1840. The van der Waals surface area contributed by atoms with Gasteiger partial charge in [0.25, 0.3) is 10.0 Å². The van der Waals surface area contributed by atoms with Gasteiger partial charge in [-0.1, -0.05) is 12.1 Å². The van der Waals surface area contributed by atoms with Crippen molar-refractivity contribution >= 4 is 32.4 Å². The minimum absolute atomic E-state index is 0.00211. The van der Waals surface area contributed by atoms with Gasteiger partial charge in [-0.25, -0.2) is 26.6 Å². The van der Waals surface area contributed by atoms with Crippen LogP contribution < -0.4 is 15.8 Å². The van der Waals surface area contributed by atoms with E-state index in [9.17, 15) is 26.0 Å². The van der Waals surface area contributed by atoms with E-state index in [0.717, 1.165) is 23.8 Å². The maximum atomic E-state index is 15.7. The Morgan fingerprint density at radius 3 is 2.39 bits per heavy atom. The van der Waals surface area contributed by atoms with Crippen LogP contribution in [0.3, 0.4) is 0 Å². The third-order valence-electron chi connectivity index (χ3n) is 7.92. The number of hydrogen-bond donors (Lipinski definition) is 3. The molecule has 0 aliphatic heterocycles. The molecule has 2 aromatic heterocycles. The largest absolute Gasteiger partial charge is 0.522 e. The fourth-order valence-electron chi connectivity index (χ4n) is 5.79. The number of alkyl halides is 3. The summed E-state index contributed by atoms with van der Waals surface area (Å²) in [7, 11) is -4.58. The number of halogens is 6. The van der Waals surface area contributed by atoms with E-state index >= 15 is 8.78 Å². The van der Waals surface area contributed by atoms with Crippen LogP contribution in [0.1, 0.15) is 57.1 Å². The van der Waals surface area contributed by atoms with Crippen molar-refractivity contribution in [3.05, 3.63) is 65.6 Å². The summed E-state index contributed by atoms with van der Waals surface area (Å²) < 4.78 is 115. The van der Waals surface area contributed by atoms with E-state index in [1.54, 1.807) is 10.9 Å². The summed E-state index contributed by atoms with van der Waals surface area (Å²) in [6.45, 7) is 3.28. The molecule has 0 spiro atoms. The number of benzene rings is 2. The van der Waals surface area contributed by atoms with Crippen molar-refractivity contribution in [2.75, 3.05) is 23.6 Å². The SMILES string of the molecule is CC(C)n1nc(-c2cc(F)c(NS(=O)(=O)c3ccccc3F)cc2F)c2c(N)ncc(C3CCC(NCCOC(F)(F)F)CC3)c21. The average Bonchev–Trinajstić information content (AvgIpc) is 3.39. The van der Waals surface area contributed by atoms with Crippen LogP contribution in [0.5, 0.6) is 0 Å². The summed E-state index contributed by atoms with van der Waals surface area (Å²) in [4.78, 5) is 3.62. The molecule has 9 nitrogen and oxygen atoms in total. The van der Waals surface area contributed by atoms with Crippen LogP contribution in [-0.4, -0.2) is 48.7 Å². The molecule has 0 amide bonds. The smallest absolute Gasteiger partial charge is 0.383 e. The zero-order valence-corrected chi connectivity index (χ0v) is 25.7. The number of pyridine rings is 1. The molecular weight excluding hydrogens is 638 g/mol. The molecule has 0 saturated heterocycles. The van der Waals surface area contributed by atoms with E-state index in [2.05, 4.69) is 20.1 Å². The number of anilines is 2. The Kier molecular flexibility index (Phi) is 9.52. The summed E-state index contributed by atoms with van der Waals surface area (Å²) in [5.41, 5.74) is 6.69. The molecule has 5 rings (SSSR count). The number of hydrogen-bond acceptors (Lipinski definition) is 7. The molecule has 2 heterocycles. The molecular formula is C30H32F6N6O3S. The molecule has 1 aliphatic carbocycles. The normalized spacial score (nSPS) is 17.6. The fraction of sp³-hybridized carbons (Fsp3) is 0.400. The Balaban J connectivity index is 1.45. The number of sulfonamides is 1. The first kappa shape index (κ1) is 33.5. The summed E-state index contributed by atoms with van der Waals surface area (Å²) in [5, 5.41) is 8.00. The van der Waals surface area contributed by atoms with Crippen molar-refractivity contribution in [3.8, 4) is 11.3 Å². The lowest BCUT2D eigenvalue weighted by Crippen LogP contribution is -2.35. The first-order valence-corrected chi connectivity index (χ1v) is 16.0. The van der Waals surface area contributed by atoms with E-state index in [0.29, 0.717) is 42.7 Å². The monoisotopic (exact) mass is 670 g/mol. The number of rotatable bonds is 10. The number of nitrogens with zero attached hydrogens (tertiary/aromatic N) is 3. The quantitative estimate of drug-likeness (QED) is 0.128. The highest BCUT2D eigenvalue weighted by Gasteiger charge is 2.31. The maximum Gasteiger partial charge on any atom is 0.522 e. The van der Waals surface area contributed by atoms with Crippen molar-refractivity contribution in [3.63, 3.8) is 0 Å². The third-order valence-corrected chi connectivity index (χ3v) is 9.32. The van der Waals surface area contributed by atoms with Crippen LogP contribution in [0, 0.1) is 17.5 Å². The standard InChI is InChI=1S/C30H32F6N6O3S/c1-16(2)42-28-20(17-7-9-18(10-8-17)38-11-12-45-30(34,35)36)15-39-29(37)26(28)27(40-42)19-13-23(33)24(14-22(19)32)41-46(43,44)25-6-4-3-5-21(25)31/h3-6,13-18,38,41H,7-12H2,1-2H3,(H2,37,39). The summed E-state index contributed by atoms with van der Waals surface area (Å²) in [5.74, 6) is -3.17. The van der Waals surface area contributed by atoms with E-state index in [1.807, 2.05) is 18.6 Å². The number of fused-ring (bicyclic) bond motifs is 1. The minimum atomic E-state index is -4.68. The molecule has 0 radical (unpaired) electrons. The Hall–Kier alpha value is -3.89. The topological polar surface area (TPSA) is 124 Å². The number of nitrogen functional groups attached to an aromatic ring is 1. The van der Waals surface area contributed by atoms with Crippen LogP contribution in [0.25, 0.3) is 22.2 Å². The summed E-state index contributed by atoms with van der Waals surface area (Å²) in [6, 6.07) is 5.73. The number of ether oxygens (including phenoxy) is 1. The molecule has 0 unspecified atom stereocenters. The van der Waals surface area contributed by atoms with Crippen molar-refractivity contribution in [2.24, 2.45) is 0 Å². The molecule has 4 N–H and O–H groups in total. The molecule has 1 aliphatic rings. The van der Waals surface area contributed by atoms with Gasteiger partial charge >= 0.3 is 6.36 Å². The van der Waals surface area contributed by atoms with E-state index in [4.69, 9.17) is 5.73 Å². The van der Waals surface area contributed by atoms with Gasteiger partial charge in [-0.05, 0) is 69.2 Å². The van der Waals surface area contributed by atoms with Crippen molar-refractivity contribution in [1.29, 1.82) is 0 Å². The van der Waals surface area contributed by atoms with Gasteiger partial charge in [0, 0.05) is 36.5 Å². The number of aromatic nitrogens is 3. The van der Waals surface area contributed by atoms with Gasteiger partial charge in [0.05, 0.1) is 23.2 Å². The second-order valence-electron chi connectivity index (χ2n) is 11.4. The molecule has 0 bridgehead atoms. The number of nitrogens with two attached hydrogens (primary N) is 1. The highest BCUT2D eigenvalue weighted by molar-refractivity contribution is 7.92. The molecule has 4 aromatic rings. The van der Waals surface area contributed by atoms with Gasteiger partial charge in [0.15, 0.2) is 0 Å². The number of nitrogens with one attached hydrogen (secondary N) is 2. The highest BCUT2D eigenvalue weighted by Crippen LogP contribution is 2.42. The lowest BCUT2D eigenvalue weighted by atomic mass is 9.81. The van der Waals surface area contributed by atoms with Gasteiger partial charge in [0.2, 0.25) is 0 Å². The van der Waals surface area contributed by atoms with Crippen LogP contribution in [0.4, 0.5) is 37.8 Å². The lowest BCUT2D eigenvalue weighted by molar-refractivity contribution is -0.323. The zero-order valence-electron chi connectivity index (χ0n) is 24.8. The van der Waals surface area contributed by atoms with Gasteiger partial charge in [-0.2, -0.15) is 5.10 Å². The van der Waals surface area contributed by atoms with Crippen molar-refractivity contribution in [1.82, 2.24) is 20.1 Å². The van der Waals surface area contributed by atoms with Crippen LogP contribution >= 0.6 is 0 Å². The van der Waals surface area contributed by atoms with Crippen LogP contribution in [0.2, 0.25) is 0 Å². The minimum Gasteiger partial charge on any atom is -0.383 e. The molecule has 248 valence electrons. The van der Waals surface area contributed by atoms with Gasteiger partial charge < -0.3 is 11.1 Å². The summed E-state index contributed by atoms with van der Waals surface area (Å²) >= 11 is 0. The Morgan fingerprint density at radius 1 is 1.04 bits per heavy atom. The van der Waals surface area contributed by atoms with Gasteiger partial charge in [-0.15, -0.1) is 13.2 Å². The predicted octanol–water partition coefficient (Wildman–Crippen LogP) is 6.63. The zero-order chi connectivity index (χ0) is 33.4. The second-order valence-corrected chi connectivity index (χ2v) is 13.0. The van der Waals surface area contributed by atoms with Crippen LogP contribution in [0.15, 0.2) is 47.5 Å². The molecule has 16 heteroatoms.